The van der Waals surface area contributed by atoms with Crippen LogP contribution in [0.2, 0.25) is 0 Å². The number of hydrogen-bond donors (Lipinski definition) is 2. The van der Waals surface area contributed by atoms with E-state index in [1.54, 1.807) is 0 Å². The Kier molecular flexibility index (Phi) is 2.37. The third kappa shape index (κ3) is 1.64. The molecule has 2 N–H and O–H groups in total. The molecule has 0 spiro atoms. The Morgan fingerprint density at radius 1 is 1.17 bits per heavy atom. The first-order valence-corrected chi connectivity index (χ1v) is 5.15. The molecule has 0 saturated heterocycles. The summed E-state index contributed by atoms with van der Waals surface area (Å²) in [7, 11) is 0. The lowest BCUT2D eigenvalue weighted by atomic mass is 9.77. The molecule has 0 atom stereocenters. The fourth-order valence-corrected chi connectivity index (χ4v) is 2.39. The lowest BCUT2D eigenvalue weighted by molar-refractivity contribution is 0.101. The highest BCUT2D eigenvalue weighted by Crippen LogP contribution is 2.32. The molecule has 2 rings (SSSR count). The summed E-state index contributed by atoms with van der Waals surface area (Å²) >= 11 is 0. The van der Waals surface area contributed by atoms with Crippen molar-refractivity contribution in [2.75, 3.05) is 6.61 Å². The van der Waals surface area contributed by atoms with Gasteiger partial charge < -0.3 is 10.4 Å². The zero-order chi connectivity index (χ0) is 8.55. The zero-order valence-corrected chi connectivity index (χ0v) is 7.79. The van der Waals surface area contributed by atoms with Crippen LogP contribution in [-0.2, 0) is 0 Å². The van der Waals surface area contributed by atoms with Crippen molar-refractivity contribution in [2.45, 2.75) is 44.7 Å². The highest BCUT2D eigenvalue weighted by Gasteiger charge is 2.33. The van der Waals surface area contributed by atoms with E-state index in [4.69, 9.17) is 5.11 Å². The molecule has 2 fully saturated rings. The topological polar surface area (TPSA) is 32.3 Å². The summed E-state index contributed by atoms with van der Waals surface area (Å²) in [6.45, 7) is 2.70. The average molecular weight is 169 g/mol. The Morgan fingerprint density at radius 3 is 2.25 bits per heavy atom. The van der Waals surface area contributed by atoms with E-state index in [1.807, 2.05) is 0 Å². The van der Waals surface area contributed by atoms with Crippen molar-refractivity contribution in [3.05, 3.63) is 0 Å². The Bertz CT molecular complexity index is 148. The number of aliphatic hydroxyl groups is 1. The summed E-state index contributed by atoms with van der Waals surface area (Å²) in [4.78, 5) is 0. The van der Waals surface area contributed by atoms with Gasteiger partial charge in [0.1, 0.15) is 0 Å². The molecule has 0 aliphatic heterocycles. The first-order valence-electron chi connectivity index (χ1n) is 5.15. The molecule has 2 aliphatic carbocycles. The molecule has 2 nitrogen and oxygen atoms in total. The predicted octanol–water partition coefficient (Wildman–Crippen LogP) is 1.15. The largest absolute Gasteiger partial charge is 0.396 e. The average Bonchev–Trinajstić information content (AvgIpc) is 1.91. The molecule has 0 aromatic carbocycles. The van der Waals surface area contributed by atoms with Gasteiger partial charge in [-0.1, -0.05) is 6.92 Å². The Labute approximate surface area is 74.4 Å². The van der Waals surface area contributed by atoms with Crippen molar-refractivity contribution < 1.29 is 5.11 Å². The molecule has 0 bridgehead atoms. The van der Waals surface area contributed by atoms with Gasteiger partial charge in [-0.3, -0.25) is 0 Å². The van der Waals surface area contributed by atoms with Crippen LogP contribution in [0.25, 0.3) is 0 Å². The van der Waals surface area contributed by atoms with E-state index in [0.717, 1.165) is 18.0 Å². The van der Waals surface area contributed by atoms with Crippen LogP contribution in [0.4, 0.5) is 0 Å². The van der Waals surface area contributed by atoms with Crippen LogP contribution < -0.4 is 5.32 Å². The summed E-state index contributed by atoms with van der Waals surface area (Å²) in [6, 6.07) is 1.52. The molecule has 2 aliphatic rings. The second-order valence-corrected chi connectivity index (χ2v) is 4.66. The van der Waals surface area contributed by atoms with E-state index in [0.29, 0.717) is 12.5 Å². The summed E-state index contributed by atoms with van der Waals surface area (Å²) in [6.07, 6.45) is 5.11. The van der Waals surface area contributed by atoms with Gasteiger partial charge in [0.25, 0.3) is 0 Å². The van der Waals surface area contributed by atoms with Gasteiger partial charge in [-0.05, 0) is 37.5 Å². The molecular formula is C10H19NO. The normalized spacial score (nSPS) is 46.5. The van der Waals surface area contributed by atoms with Crippen molar-refractivity contribution in [1.29, 1.82) is 0 Å². The van der Waals surface area contributed by atoms with E-state index < -0.39 is 0 Å². The van der Waals surface area contributed by atoms with Gasteiger partial charge in [-0.2, -0.15) is 0 Å². The SMILES string of the molecule is CC1CC(NC2CC(CO)C2)C1. The second-order valence-electron chi connectivity index (χ2n) is 4.66. The highest BCUT2D eigenvalue weighted by molar-refractivity contribution is 4.91. The minimum absolute atomic E-state index is 0.388. The summed E-state index contributed by atoms with van der Waals surface area (Å²) < 4.78 is 0. The minimum Gasteiger partial charge on any atom is -0.396 e. The zero-order valence-electron chi connectivity index (χ0n) is 7.79. The lowest BCUT2D eigenvalue weighted by Gasteiger charge is -2.42. The monoisotopic (exact) mass is 169 g/mol. The van der Waals surface area contributed by atoms with Gasteiger partial charge in [-0.25, -0.2) is 0 Å². The van der Waals surface area contributed by atoms with Crippen LogP contribution in [0, 0.1) is 11.8 Å². The van der Waals surface area contributed by atoms with Crippen molar-refractivity contribution in [3.63, 3.8) is 0 Å². The number of rotatable bonds is 3. The quantitative estimate of drug-likeness (QED) is 0.664. The molecule has 0 amide bonds. The molecule has 0 unspecified atom stereocenters. The maximum Gasteiger partial charge on any atom is 0.0460 e. The van der Waals surface area contributed by atoms with Crippen molar-refractivity contribution in [3.8, 4) is 0 Å². The molecule has 0 aromatic heterocycles. The fraction of sp³-hybridized carbons (Fsp3) is 1.00. The molecule has 2 saturated carbocycles. The van der Waals surface area contributed by atoms with Gasteiger partial charge in [0.15, 0.2) is 0 Å². The van der Waals surface area contributed by atoms with Gasteiger partial charge in [0.2, 0.25) is 0 Å². The third-order valence-corrected chi connectivity index (χ3v) is 3.34. The summed E-state index contributed by atoms with van der Waals surface area (Å²) in [5, 5.41) is 12.5. The standard InChI is InChI=1S/C10H19NO/c1-7-2-9(3-7)11-10-4-8(5-10)6-12/h7-12H,2-6H2,1H3. The van der Waals surface area contributed by atoms with E-state index in [9.17, 15) is 0 Å². The number of nitrogens with one attached hydrogen (secondary N) is 1. The summed E-state index contributed by atoms with van der Waals surface area (Å²) in [5.41, 5.74) is 0. The van der Waals surface area contributed by atoms with Crippen LogP contribution in [0.1, 0.15) is 32.6 Å². The van der Waals surface area contributed by atoms with Crippen LogP contribution in [0.3, 0.4) is 0 Å². The maximum absolute atomic E-state index is 8.82. The van der Waals surface area contributed by atoms with Crippen LogP contribution in [0.5, 0.6) is 0 Å². The smallest absolute Gasteiger partial charge is 0.0460 e. The van der Waals surface area contributed by atoms with E-state index >= 15 is 0 Å². The molecule has 0 radical (unpaired) electrons. The number of aliphatic hydroxyl groups excluding tert-OH is 1. The van der Waals surface area contributed by atoms with Crippen molar-refractivity contribution in [1.82, 2.24) is 5.32 Å². The van der Waals surface area contributed by atoms with E-state index in [-0.39, 0.29) is 0 Å². The molecule has 12 heavy (non-hydrogen) atoms. The van der Waals surface area contributed by atoms with Crippen LogP contribution in [0.15, 0.2) is 0 Å². The minimum atomic E-state index is 0.388. The van der Waals surface area contributed by atoms with E-state index in [2.05, 4.69) is 12.2 Å². The molecular weight excluding hydrogens is 150 g/mol. The molecule has 70 valence electrons. The first-order chi connectivity index (χ1) is 5.78. The van der Waals surface area contributed by atoms with Gasteiger partial charge >= 0.3 is 0 Å². The molecule has 0 heterocycles. The van der Waals surface area contributed by atoms with Crippen LogP contribution in [-0.4, -0.2) is 23.8 Å². The van der Waals surface area contributed by atoms with Crippen molar-refractivity contribution >= 4 is 0 Å². The predicted molar refractivity (Wildman–Crippen MR) is 48.9 cm³/mol. The Morgan fingerprint density at radius 2 is 1.75 bits per heavy atom. The van der Waals surface area contributed by atoms with Gasteiger partial charge in [-0.15, -0.1) is 0 Å². The second kappa shape index (κ2) is 3.35. The summed E-state index contributed by atoms with van der Waals surface area (Å²) in [5.74, 6) is 1.54. The maximum atomic E-state index is 8.82. The third-order valence-electron chi connectivity index (χ3n) is 3.34. The first kappa shape index (κ1) is 8.52. The van der Waals surface area contributed by atoms with Crippen LogP contribution >= 0.6 is 0 Å². The Hall–Kier alpha value is -0.0800. The van der Waals surface area contributed by atoms with Crippen molar-refractivity contribution in [2.24, 2.45) is 11.8 Å². The molecule has 2 heteroatoms. The van der Waals surface area contributed by atoms with Gasteiger partial charge in [0, 0.05) is 18.7 Å². The molecule has 0 aromatic rings. The fourth-order valence-electron chi connectivity index (χ4n) is 2.39. The Balaban J connectivity index is 1.58. The van der Waals surface area contributed by atoms with E-state index in [1.165, 1.54) is 25.7 Å². The van der Waals surface area contributed by atoms with Gasteiger partial charge in [0.05, 0.1) is 0 Å². The highest BCUT2D eigenvalue weighted by atomic mass is 16.3. The lowest BCUT2D eigenvalue weighted by Crippen LogP contribution is -2.51. The number of hydrogen-bond acceptors (Lipinski definition) is 2.